The lowest BCUT2D eigenvalue weighted by molar-refractivity contribution is -0.385. The molecular formula is C14H17BrN2O3. The van der Waals surface area contributed by atoms with E-state index in [9.17, 15) is 14.9 Å². The number of carbonyl (C=O) groups excluding carboxylic acids is 1. The molecule has 1 saturated carbocycles. The van der Waals surface area contributed by atoms with E-state index in [-0.39, 0.29) is 17.2 Å². The standard InChI is InChI=1S/C14H17BrN2O3/c15-8-10-4-3-5-11(10)9-16-14(18)12-6-1-2-7-13(12)17(19)20/h1-2,6-7,10-11H,3-5,8-9H2,(H,16,18). The molecule has 1 aromatic rings. The van der Waals surface area contributed by atoms with Crippen LogP contribution in [-0.2, 0) is 0 Å². The zero-order valence-electron chi connectivity index (χ0n) is 11.0. The second-order valence-corrected chi connectivity index (χ2v) is 5.74. The number of rotatable bonds is 5. The molecule has 0 aliphatic heterocycles. The molecule has 6 heteroatoms. The van der Waals surface area contributed by atoms with Crippen LogP contribution in [0.4, 0.5) is 5.69 Å². The number of nitro groups is 1. The molecule has 1 N–H and O–H groups in total. The van der Waals surface area contributed by atoms with Gasteiger partial charge in [-0.25, -0.2) is 0 Å². The number of benzene rings is 1. The molecule has 0 radical (unpaired) electrons. The second-order valence-electron chi connectivity index (χ2n) is 5.09. The minimum absolute atomic E-state index is 0.130. The molecule has 2 unspecified atom stereocenters. The van der Waals surface area contributed by atoms with Gasteiger partial charge in [0.15, 0.2) is 0 Å². The first kappa shape index (κ1) is 15.0. The van der Waals surface area contributed by atoms with Crippen LogP contribution in [0.5, 0.6) is 0 Å². The molecule has 2 rings (SSSR count). The minimum Gasteiger partial charge on any atom is -0.352 e. The number of carbonyl (C=O) groups is 1. The maximum atomic E-state index is 12.1. The number of nitrogens with zero attached hydrogens (tertiary/aromatic N) is 1. The van der Waals surface area contributed by atoms with Gasteiger partial charge in [0.1, 0.15) is 5.56 Å². The Morgan fingerprint density at radius 3 is 2.75 bits per heavy atom. The van der Waals surface area contributed by atoms with Gasteiger partial charge in [0.2, 0.25) is 0 Å². The molecule has 0 aromatic heterocycles. The average molecular weight is 341 g/mol. The topological polar surface area (TPSA) is 72.2 Å². The molecule has 1 aliphatic carbocycles. The Morgan fingerprint density at radius 1 is 1.35 bits per heavy atom. The highest BCUT2D eigenvalue weighted by atomic mass is 79.9. The van der Waals surface area contributed by atoms with E-state index in [4.69, 9.17) is 0 Å². The van der Waals surface area contributed by atoms with E-state index in [1.807, 2.05) is 0 Å². The van der Waals surface area contributed by atoms with Crippen LogP contribution in [0.15, 0.2) is 24.3 Å². The average Bonchev–Trinajstić information content (AvgIpc) is 2.92. The van der Waals surface area contributed by atoms with Crippen molar-refractivity contribution >= 4 is 27.5 Å². The van der Waals surface area contributed by atoms with Crippen LogP contribution < -0.4 is 5.32 Å². The molecule has 0 saturated heterocycles. The third kappa shape index (κ3) is 3.36. The summed E-state index contributed by atoms with van der Waals surface area (Å²) < 4.78 is 0. The molecule has 0 heterocycles. The van der Waals surface area contributed by atoms with E-state index in [1.54, 1.807) is 12.1 Å². The maximum Gasteiger partial charge on any atom is 0.282 e. The minimum atomic E-state index is -0.522. The highest BCUT2D eigenvalue weighted by molar-refractivity contribution is 9.09. The molecule has 5 nitrogen and oxygen atoms in total. The number of halogens is 1. The fourth-order valence-electron chi connectivity index (χ4n) is 2.73. The third-order valence-corrected chi connectivity index (χ3v) is 4.72. The van der Waals surface area contributed by atoms with Crippen LogP contribution in [0.25, 0.3) is 0 Å². The molecule has 0 spiro atoms. The molecule has 0 bridgehead atoms. The summed E-state index contributed by atoms with van der Waals surface area (Å²) in [5.41, 5.74) is -0.0145. The van der Waals surface area contributed by atoms with Crippen molar-refractivity contribution in [3.05, 3.63) is 39.9 Å². The van der Waals surface area contributed by atoms with Crippen molar-refractivity contribution in [3.8, 4) is 0 Å². The Hall–Kier alpha value is -1.43. The van der Waals surface area contributed by atoms with Crippen molar-refractivity contribution in [2.75, 3.05) is 11.9 Å². The Morgan fingerprint density at radius 2 is 2.05 bits per heavy atom. The zero-order chi connectivity index (χ0) is 14.5. The van der Waals surface area contributed by atoms with Crippen molar-refractivity contribution in [3.63, 3.8) is 0 Å². The molecule has 1 aromatic carbocycles. The van der Waals surface area contributed by atoms with Gasteiger partial charge in [-0.1, -0.05) is 34.5 Å². The third-order valence-electron chi connectivity index (χ3n) is 3.88. The molecule has 108 valence electrons. The summed E-state index contributed by atoms with van der Waals surface area (Å²) in [4.78, 5) is 22.5. The first-order valence-corrected chi connectivity index (χ1v) is 7.83. The summed E-state index contributed by atoms with van der Waals surface area (Å²) in [5, 5.41) is 14.7. The van der Waals surface area contributed by atoms with Gasteiger partial charge in [-0.15, -0.1) is 0 Å². The van der Waals surface area contributed by atoms with Gasteiger partial charge >= 0.3 is 0 Å². The van der Waals surface area contributed by atoms with E-state index < -0.39 is 4.92 Å². The molecule has 1 fully saturated rings. The van der Waals surface area contributed by atoms with E-state index in [0.717, 1.165) is 11.8 Å². The number of nitrogens with one attached hydrogen (secondary N) is 1. The Bertz CT molecular complexity index is 507. The van der Waals surface area contributed by atoms with Crippen LogP contribution >= 0.6 is 15.9 Å². The van der Waals surface area contributed by atoms with Crippen LogP contribution in [-0.4, -0.2) is 22.7 Å². The van der Waals surface area contributed by atoms with E-state index in [1.165, 1.54) is 25.0 Å². The number of para-hydroxylation sites is 1. The monoisotopic (exact) mass is 340 g/mol. The lowest BCUT2D eigenvalue weighted by atomic mass is 9.98. The van der Waals surface area contributed by atoms with Crippen LogP contribution in [0, 0.1) is 22.0 Å². The van der Waals surface area contributed by atoms with E-state index in [2.05, 4.69) is 21.2 Å². The molecule has 2 atom stereocenters. The van der Waals surface area contributed by atoms with Gasteiger partial charge in [0.25, 0.3) is 11.6 Å². The summed E-state index contributed by atoms with van der Waals surface area (Å²) >= 11 is 3.50. The van der Waals surface area contributed by atoms with Crippen LogP contribution in [0.2, 0.25) is 0 Å². The normalized spacial score (nSPS) is 21.6. The van der Waals surface area contributed by atoms with Crippen molar-refractivity contribution in [2.45, 2.75) is 19.3 Å². The number of nitro benzene ring substituents is 1. The summed E-state index contributed by atoms with van der Waals surface area (Å²) in [7, 11) is 0. The second kappa shape index (κ2) is 6.83. The van der Waals surface area contributed by atoms with Crippen LogP contribution in [0.3, 0.4) is 0 Å². The predicted molar refractivity (Wildman–Crippen MR) is 80.1 cm³/mol. The SMILES string of the molecule is O=C(NCC1CCCC1CBr)c1ccccc1[N+](=O)[O-]. The molecule has 1 aliphatic rings. The largest absolute Gasteiger partial charge is 0.352 e. The van der Waals surface area contributed by atoms with Gasteiger partial charge in [0, 0.05) is 17.9 Å². The van der Waals surface area contributed by atoms with Gasteiger partial charge in [-0.05, 0) is 30.7 Å². The Kier molecular flexibility index (Phi) is 5.11. The van der Waals surface area contributed by atoms with Crippen molar-refractivity contribution in [2.24, 2.45) is 11.8 Å². The predicted octanol–water partition coefficient (Wildman–Crippen LogP) is 3.14. The smallest absolute Gasteiger partial charge is 0.282 e. The summed E-state index contributed by atoms with van der Waals surface area (Å²) in [5.74, 6) is 0.680. The van der Waals surface area contributed by atoms with Crippen molar-refractivity contribution < 1.29 is 9.72 Å². The lowest BCUT2D eigenvalue weighted by Gasteiger charge is -2.17. The lowest BCUT2D eigenvalue weighted by Crippen LogP contribution is -2.31. The van der Waals surface area contributed by atoms with Gasteiger partial charge in [-0.2, -0.15) is 0 Å². The summed E-state index contributed by atoms with van der Waals surface area (Å²) in [6.45, 7) is 0.584. The molecule has 1 amide bonds. The molecular weight excluding hydrogens is 324 g/mol. The van der Waals surface area contributed by atoms with E-state index >= 15 is 0 Å². The first-order chi connectivity index (χ1) is 9.63. The zero-order valence-corrected chi connectivity index (χ0v) is 12.6. The molecule has 20 heavy (non-hydrogen) atoms. The van der Waals surface area contributed by atoms with Gasteiger partial charge in [-0.3, -0.25) is 14.9 Å². The fourth-order valence-corrected chi connectivity index (χ4v) is 3.58. The van der Waals surface area contributed by atoms with Gasteiger partial charge < -0.3 is 5.32 Å². The Labute approximate surface area is 126 Å². The Balaban J connectivity index is 2.00. The maximum absolute atomic E-state index is 12.1. The number of hydrogen-bond acceptors (Lipinski definition) is 3. The van der Waals surface area contributed by atoms with Gasteiger partial charge in [0.05, 0.1) is 4.92 Å². The number of alkyl halides is 1. The van der Waals surface area contributed by atoms with E-state index in [0.29, 0.717) is 18.4 Å². The number of hydrogen-bond donors (Lipinski definition) is 1. The van der Waals surface area contributed by atoms with Crippen molar-refractivity contribution in [1.29, 1.82) is 0 Å². The highest BCUT2D eigenvalue weighted by Gasteiger charge is 2.27. The fraction of sp³-hybridized carbons (Fsp3) is 0.500. The highest BCUT2D eigenvalue weighted by Crippen LogP contribution is 2.32. The quantitative estimate of drug-likeness (QED) is 0.508. The van der Waals surface area contributed by atoms with Crippen LogP contribution in [0.1, 0.15) is 29.6 Å². The summed E-state index contributed by atoms with van der Waals surface area (Å²) in [6.07, 6.45) is 3.47. The van der Waals surface area contributed by atoms with Crippen molar-refractivity contribution in [1.82, 2.24) is 5.32 Å². The summed E-state index contributed by atoms with van der Waals surface area (Å²) in [6, 6.07) is 6.04. The number of amides is 1. The first-order valence-electron chi connectivity index (χ1n) is 6.71.